The number of aromatic carboxylic acids is 1. The third-order valence-electron chi connectivity index (χ3n) is 3.60. The van der Waals surface area contributed by atoms with Crippen LogP contribution in [0.25, 0.3) is 0 Å². The maximum Gasteiger partial charge on any atom is 0.418 e. The highest BCUT2D eigenvalue weighted by molar-refractivity contribution is 5.89. The van der Waals surface area contributed by atoms with E-state index in [9.17, 15) is 27.5 Å². The predicted octanol–water partition coefficient (Wildman–Crippen LogP) is 3.51. The number of carboxylic acid groups (broad SMARTS) is 1. The van der Waals surface area contributed by atoms with E-state index in [4.69, 9.17) is 11.5 Å². The van der Waals surface area contributed by atoms with Crippen LogP contribution in [0.5, 0.6) is 0 Å². The van der Waals surface area contributed by atoms with E-state index < -0.39 is 47.4 Å². The van der Waals surface area contributed by atoms with Gasteiger partial charge >= 0.3 is 12.1 Å². The third-order valence-corrected chi connectivity index (χ3v) is 3.60. The summed E-state index contributed by atoms with van der Waals surface area (Å²) in [6.07, 6.45) is -1.90. The summed E-state index contributed by atoms with van der Waals surface area (Å²) in [4.78, 5) is 11.2. The van der Waals surface area contributed by atoms with E-state index in [0.717, 1.165) is 18.2 Å². The second kappa shape index (κ2) is 6.20. The minimum atomic E-state index is -4.99. The van der Waals surface area contributed by atoms with Crippen LogP contribution in [0, 0.1) is 18.2 Å². The van der Waals surface area contributed by atoms with Crippen molar-refractivity contribution in [1.82, 2.24) is 0 Å². The Bertz CT molecular complexity index is 644. The number of rotatable bonds is 5. The number of alkyl halides is 3. The molecule has 0 aliphatic rings. The molecule has 126 valence electrons. The molecule has 0 aromatic heterocycles. The number of hydrogen-bond acceptors (Lipinski definition) is 2. The molecular formula is C16H16F4O3. The highest BCUT2D eigenvalue weighted by atomic mass is 19.4. The Labute approximate surface area is 130 Å². The average Bonchev–Trinajstić information content (AvgIpc) is 2.36. The van der Waals surface area contributed by atoms with Gasteiger partial charge in [-0.1, -0.05) is 19.9 Å². The number of carbonyl (C=O) groups is 1. The first-order chi connectivity index (χ1) is 10.3. The van der Waals surface area contributed by atoms with Crippen LogP contribution in [0.1, 0.15) is 42.6 Å². The van der Waals surface area contributed by atoms with Gasteiger partial charge < -0.3 is 10.2 Å². The smallest absolute Gasteiger partial charge is 0.418 e. The molecule has 7 heteroatoms. The van der Waals surface area contributed by atoms with Gasteiger partial charge in [-0.2, -0.15) is 13.2 Å². The SMILES string of the molecule is C#CC[C@@](O)(CC(C)(C)c1ccc(F)cc1C(=O)O)C(F)(F)F. The molecule has 0 amide bonds. The molecule has 1 atom stereocenters. The van der Waals surface area contributed by atoms with Gasteiger partial charge in [0, 0.05) is 6.42 Å². The topological polar surface area (TPSA) is 57.5 Å². The van der Waals surface area contributed by atoms with Crippen LogP contribution in [0.3, 0.4) is 0 Å². The van der Waals surface area contributed by atoms with Crippen LogP contribution in [0.15, 0.2) is 18.2 Å². The lowest BCUT2D eigenvalue weighted by Crippen LogP contribution is -2.49. The number of halogens is 4. The number of carboxylic acids is 1. The molecule has 0 unspecified atom stereocenters. The van der Waals surface area contributed by atoms with Crippen LogP contribution in [-0.2, 0) is 5.41 Å². The van der Waals surface area contributed by atoms with Crippen molar-refractivity contribution in [3.05, 3.63) is 35.1 Å². The molecule has 1 aromatic carbocycles. The van der Waals surface area contributed by atoms with Crippen molar-refractivity contribution in [2.45, 2.75) is 43.9 Å². The lowest BCUT2D eigenvalue weighted by molar-refractivity contribution is -0.264. The highest BCUT2D eigenvalue weighted by Gasteiger charge is 2.55. The minimum Gasteiger partial charge on any atom is -0.478 e. The van der Waals surface area contributed by atoms with Gasteiger partial charge in [-0.3, -0.25) is 0 Å². The Hall–Kier alpha value is -2.07. The average molecular weight is 332 g/mol. The van der Waals surface area contributed by atoms with E-state index >= 15 is 0 Å². The number of benzene rings is 1. The molecule has 0 saturated carbocycles. The molecule has 1 rings (SSSR count). The van der Waals surface area contributed by atoms with E-state index in [1.165, 1.54) is 13.8 Å². The zero-order chi connectivity index (χ0) is 18.1. The molecule has 0 radical (unpaired) electrons. The standard InChI is InChI=1S/C16H16F4O3/c1-4-7-15(23,16(18,19)20)9-14(2,3)12-6-5-10(17)8-11(12)13(21)22/h1,5-6,8,23H,7,9H2,2-3H3,(H,21,22)/t15-/m1/s1. The van der Waals surface area contributed by atoms with E-state index in [1.54, 1.807) is 5.92 Å². The van der Waals surface area contributed by atoms with E-state index in [2.05, 4.69) is 0 Å². The van der Waals surface area contributed by atoms with Gasteiger partial charge in [-0.25, -0.2) is 9.18 Å². The van der Waals surface area contributed by atoms with Crippen molar-refractivity contribution < 1.29 is 32.6 Å². The summed E-state index contributed by atoms with van der Waals surface area (Å²) in [6, 6.07) is 2.79. The first kappa shape index (κ1) is 19.0. The molecule has 0 heterocycles. The van der Waals surface area contributed by atoms with Gasteiger partial charge in [0.25, 0.3) is 0 Å². The fourth-order valence-corrected chi connectivity index (χ4v) is 2.54. The molecule has 0 aliphatic carbocycles. The summed E-state index contributed by atoms with van der Waals surface area (Å²) in [5.41, 5.74) is -5.07. The largest absolute Gasteiger partial charge is 0.478 e. The number of hydrogen-bond donors (Lipinski definition) is 2. The van der Waals surface area contributed by atoms with Crippen molar-refractivity contribution in [3.63, 3.8) is 0 Å². The Morgan fingerprint density at radius 1 is 1.30 bits per heavy atom. The van der Waals surface area contributed by atoms with Gasteiger partial charge in [-0.05, 0) is 29.5 Å². The lowest BCUT2D eigenvalue weighted by Gasteiger charge is -2.37. The molecule has 3 nitrogen and oxygen atoms in total. The van der Waals surface area contributed by atoms with Crippen LogP contribution < -0.4 is 0 Å². The summed E-state index contributed by atoms with van der Waals surface area (Å²) in [5.74, 6) is -0.506. The Morgan fingerprint density at radius 2 is 1.87 bits per heavy atom. The Kier molecular flexibility index (Phi) is 5.12. The summed E-state index contributed by atoms with van der Waals surface area (Å²) < 4.78 is 52.6. The van der Waals surface area contributed by atoms with Crippen molar-refractivity contribution in [3.8, 4) is 12.3 Å². The fourth-order valence-electron chi connectivity index (χ4n) is 2.54. The van der Waals surface area contributed by atoms with Crippen molar-refractivity contribution in [2.75, 3.05) is 0 Å². The molecule has 0 fully saturated rings. The number of terminal acetylenes is 1. The van der Waals surface area contributed by atoms with Crippen LogP contribution in [-0.4, -0.2) is 28.0 Å². The molecule has 0 aliphatic heterocycles. The normalized spacial score (nSPS) is 14.9. The van der Waals surface area contributed by atoms with Crippen LogP contribution in [0.4, 0.5) is 17.6 Å². The lowest BCUT2D eigenvalue weighted by atomic mass is 9.72. The second-order valence-corrected chi connectivity index (χ2v) is 5.97. The minimum absolute atomic E-state index is 0.0221. The first-order valence-corrected chi connectivity index (χ1v) is 6.60. The van der Waals surface area contributed by atoms with E-state index in [1.807, 2.05) is 0 Å². The maximum atomic E-state index is 13.2. The summed E-state index contributed by atoms with van der Waals surface area (Å²) in [7, 11) is 0. The molecule has 0 spiro atoms. The second-order valence-electron chi connectivity index (χ2n) is 5.97. The molecule has 0 bridgehead atoms. The summed E-state index contributed by atoms with van der Waals surface area (Å²) in [6.45, 7) is 2.67. The van der Waals surface area contributed by atoms with E-state index in [-0.39, 0.29) is 5.56 Å². The van der Waals surface area contributed by atoms with Crippen molar-refractivity contribution in [2.24, 2.45) is 0 Å². The van der Waals surface area contributed by atoms with Crippen molar-refractivity contribution in [1.29, 1.82) is 0 Å². The summed E-state index contributed by atoms with van der Waals surface area (Å²) >= 11 is 0. The highest BCUT2D eigenvalue weighted by Crippen LogP contribution is 2.43. The van der Waals surface area contributed by atoms with Gasteiger partial charge in [0.1, 0.15) is 5.82 Å². The third kappa shape index (κ3) is 4.02. The maximum absolute atomic E-state index is 13.2. The molecule has 2 N–H and O–H groups in total. The van der Waals surface area contributed by atoms with Crippen LogP contribution >= 0.6 is 0 Å². The quantitative estimate of drug-likeness (QED) is 0.641. The monoisotopic (exact) mass is 332 g/mol. The van der Waals surface area contributed by atoms with Gasteiger partial charge in [0.05, 0.1) is 5.56 Å². The Balaban J connectivity index is 3.37. The van der Waals surface area contributed by atoms with Crippen LogP contribution in [0.2, 0.25) is 0 Å². The molecule has 1 aromatic rings. The predicted molar refractivity (Wildman–Crippen MR) is 75.5 cm³/mol. The first-order valence-electron chi connectivity index (χ1n) is 6.60. The zero-order valence-corrected chi connectivity index (χ0v) is 12.5. The molecular weight excluding hydrogens is 316 g/mol. The summed E-state index contributed by atoms with van der Waals surface area (Å²) in [5, 5.41) is 19.1. The Morgan fingerprint density at radius 3 is 2.30 bits per heavy atom. The fraction of sp³-hybridized carbons (Fsp3) is 0.438. The number of aliphatic hydroxyl groups is 1. The molecule has 23 heavy (non-hydrogen) atoms. The molecule has 0 saturated heterocycles. The zero-order valence-electron chi connectivity index (χ0n) is 12.5. The van der Waals surface area contributed by atoms with Gasteiger partial charge in [0.15, 0.2) is 5.60 Å². The van der Waals surface area contributed by atoms with Gasteiger partial charge in [0.2, 0.25) is 0 Å². The van der Waals surface area contributed by atoms with Crippen molar-refractivity contribution >= 4 is 5.97 Å². The van der Waals surface area contributed by atoms with E-state index in [0.29, 0.717) is 0 Å². The van der Waals surface area contributed by atoms with Gasteiger partial charge in [-0.15, -0.1) is 12.3 Å².